The van der Waals surface area contributed by atoms with Gasteiger partial charge in [-0.15, -0.1) is 0 Å². The van der Waals surface area contributed by atoms with E-state index >= 15 is 0 Å². The lowest BCUT2D eigenvalue weighted by molar-refractivity contribution is 0.0951. The van der Waals surface area contributed by atoms with Crippen molar-refractivity contribution in [1.29, 1.82) is 0 Å². The highest BCUT2D eigenvalue weighted by atomic mass is 16.1. The first-order valence-electron chi connectivity index (χ1n) is 6.57. The zero-order chi connectivity index (χ0) is 13.6. The third-order valence-corrected chi connectivity index (χ3v) is 3.34. The molecule has 4 nitrogen and oxygen atoms in total. The van der Waals surface area contributed by atoms with Gasteiger partial charge >= 0.3 is 0 Å². The lowest BCUT2D eigenvalue weighted by Crippen LogP contribution is -2.33. The Kier molecular flexibility index (Phi) is 5.13. The van der Waals surface area contributed by atoms with Crippen molar-refractivity contribution in [1.82, 2.24) is 10.3 Å². The molecule has 0 fully saturated rings. The predicted octanol–water partition coefficient (Wildman–Crippen LogP) is 2.82. The van der Waals surface area contributed by atoms with E-state index in [1.165, 1.54) is 0 Å². The van der Waals surface area contributed by atoms with E-state index in [-0.39, 0.29) is 11.4 Å². The van der Waals surface area contributed by atoms with Crippen LogP contribution in [0, 0.1) is 0 Å². The Labute approximate surface area is 109 Å². The number of anilines is 1. The van der Waals surface area contributed by atoms with E-state index in [4.69, 9.17) is 0 Å². The van der Waals surface area contributed by atoms with E-state index in [0.717, 1.165) is 18.5 Å². The van der Waals surface area contributed by atoms with Gasteiger partial charge in [-0.2, -0.15) is 0 Å². The zero-order valence-electron chi connectivity index (χ0n) is 11.7. The lowest BCUT2D eigenvalue weighted by Gasteiger charge is -2.29. The van der Waals surface area contributed by atoms with Crippen LogP contribution in [0.1, 0.15) is 51.0 Å². The van der Waals surface area contributed by atoms with Crippen molar-refractivity contribution < 1.29 is 4.79 Å². The van der Waals surface area contributed by atoms with E-state index in [1.807, 2.05) is 13.0 Å². The van der Waals surface area contributed by atoms with Gasteiger partial charge in [0.1, 0.15) is 5.69 Å². The molecule has 4 heteroatoms. The quantitative estimate of drug-likeness (QED) is 0.815. The minimum Gasteiger partial charge on any atom is -0.380 e. The van der Waals surface area contributed by atoms with Gasteiger partial charge in [-0.3, -0.25) is 9.78 Å². The molecule has 100 valence electrons. The van der Waals surface area contributed by atoms with Gasteiger partial charge in [0, 0.05) is 24.0 Å². The first-order valence-corrected chi connectivity index (χ1v) is 6.57. The Morgan fingerprint density at radius 1 is 1.33 bits per heavy atom. The van der Waals surface area contributed by atoms with Crippen molar-refractivity contribution in [2.75, 3.05) is 11.9 Å². The molecule has 0 radical (unpaired) electrons. The van der Waals surface area contributed by atoms with Crippen LogP contribution in [0.15, 0.2) is 18.3 Å². The van der Waals surface area contributed by atoms with Gasteiger partial charge < -0.3 is 10.6 Å². The standard InChI is InChI=1S/C14H23N3O/c1-5-14(4,6-2)17-11-8-9-16-12(10-11)13(18)15-7-3/h8-10H,5-7H2,1-4H3,(H,15,18)(H,16,17). The van der Waals surface area contributed by atoms with Gasteiger partial charge in [-0.05, 0) is 38.8 Å². The van der Waals surface area contributed by atoms with Crippen LogP contribution in [0.4, 0.5) is 5.69 Å². The zero-order valence-corrected chi connectivity index (χ0v) is 11.7. The number of nitrogens with one attached hydrogen (secondary N) is 2. The van der Waals surface area contributed by atoms with E-state index in [2.05, 4.69) is 36.4 Å². The summed E-state index contributed by atoms with van der Waals surface area (Å²) in [5.41, 5.74) is 1.45. The summed E-state index contributed by atoms with van der Waals surface area (Å²) < 4.78 is 0. The molecule has 1 rings (SSSR count). The number of nitrogens with zero attached hydrogens (tertiary/aromatic N) is 1. The van der Waals surface area contributed by atoms with Crippen molar-refractivity contribution >= 4 is 11.6 Å². The molecule has 0 aliphatic carbocycles. The van der Waals surface area contributed by atoms with E-state index in [0.29, 0.717) is 12.2 Å². The molecular weight excluding hydrogens is 226 g/mol. The minimum absolute atomic E-state index is 0.0554. The summed E-state index contributed by atoms with van der Waals surface area (Å²) in [4.78, 5) is 15.8. The summed E-state index contributed by atoms with van der Waals surface area (Å²) in [5, 5.41) is 6.22. The van der Waals surface area contributed by atoms with E-state index < -0.39 is 0 Å². The van der Waals surface area contributed by atoms with E-state index in [9.17, 15) is 4.79 Å². The molecule has 0 unspecified atom stereocenters. The molecule has 0 saturated heterocycles. The Morgan fingerprint density at radius 2 is 2.00 bits per heavy atom. The van der Waals surface area contributed by atoms with Crippen molar-refractivity contribution in [3.8, 4) is 0 Å². The summed E-state index contributed by atoms with van der Waals surface area (Å²) in [6.07, 6.45) is 3.73. The summed E-state index contributed by atoms with van der Waals surface area (Å²) in [7, 11) is 0. The molecule has 2 N–H and O–H groups in total. The monoisotopic (exact) mass is 249 g/mol. The Hall–Kier alpha value is -1.58. The van der Waals surface area contributed by atoms with Gasteiger partial charge in [0.15, 0.2) is 0 Å². The van der Waals surface area contributed by atoms with Crippen LogP contribution in [0.2, 0.25) is 0 Å². The fourth-order valence-electron chi connectivity index (χ4n) is 1.66. The maximum Gasteiger partial charge on any atom is 0.269 e. The molecule has 0 bridgehead atoms. The van der Waals surface area contributed by atoms with Crippen LogP contribution in [0.5, 0.6) is 0 Å². The number of carbonyl (C=O) groups is 1. The summed E-state index contributed by atoms with van der Waals surface area (Å²) in [6, 6.07) is 3.70. The van der Waals surface area contributed by atoms with Gasteiger partial charge in [-0.25, -0.2) is 0 Å². The fraction of sp³-hybridized carbons (Fsp3) is 0.571. The largest absolute Gasteiger partial charge is 0.380 e. The molecule has 0 spiro atoms. The third kappa shape index (κ3) is 3.72. The van der Waals surface area contributed by atoms with Crippen molar-refractivity contribution in [2.24, 2.45) is 0 Å². The van der Waals surface area contributed by atoms with Gasteiger partial charge in [0.25, 0.3) is 5.91 Å². The van der Waals surface area contributed by atoms with E-state index in [1.54, 1.807) is 12.3 Å². The molecule has 0 aromatic carbocycles. The van der Waals surface area contributed by atoms with Crippen LogP contribution in [-0.4, -0.2) is 23.0 Å². The Bertz CT molecular complexity index is 400. The molecule has 1 heterocycles. The van der Waals surface area contributed by atoms with Crippen molar-refractivity contribution in [2.45, 2.75) is 46.1 Å². The summed E-state index contributed by atoms with van der Waals surface area (Å²) in [6.45, 7) is 9.00. The molecule has 1 amide bonds. The topological polar surface area (TPSA) is 54.0 Å². The second-order valence-electron chi connectivity index (χ2n) is 4.68. The highest BCUT2D eigenvalue weighted by Gasteiger charge is 2.19. The number of hydrogen-bond acceptors (Lipinski definition) is 3. The second kappa shape index (κ2) is 6.38. The van der Waals surface area contributed by atoms with Crippen LogP contribution in [0.25, 0.3) is 0 Å². The molecule has 0 aliphatic rings. The second-order valence-corrected chi connectivity index (χ2v) is 4.68. The fourth-order valence-corrected chi connectivity index (χ4v) is 1.66. The van der Waals surface area contributed by atoms with Crippen LogP contribution in [-0.2, 0) is 0 Å². The molecule has 1 aromatic heterocycles. The van der Waals surface area contributed by atoms with Gasteiger partial charge in [-0.1, -0.05) is 13.8 Å². The van der Waals surface area contributed by atoms with Crippen LogP contribution in [0.3, 0.4) is 0 Å². The lowest BCUT2D eigenvalue weighted by atomic mass is 9.95. The Balaban J connectivity index is 2.85. The number of aromatic nitrogens is 1. The SMILES string of the molecule is CCNC(=O)c1cc(NC(C)(CC)CC)ccn1. The molecule has 18 heavy (non-hydrogen) atoms. The first kappa shape index (κ1) is 14.5. The van der Waals surface area contributed by atoms with Crippen LogP contribution >= 0.6 is 0 Å². The summed E-state index contributed by atoms with van der Waals surface area (Å²) in [5.74, 6) is -0.129. The molecule has 0 atom stereocenters. The summed E-state index contributed by atoms with van der Waals surface area (Å²) >= 11 is 0. The number of rotatable bonds is 6. The average Bonchev–Trinajstić information content (AvgIpc) is 2.39. The normalized spacial score (nSPS) is 11.1. The highest BCUT2D eigenvalue weighted by Crippen LogP contribution is 2.21. The third-order valence-electron chi connectivity index (χ3n) is 3.34. The Morgan fingerprint density at radius 3 is 2.56 bits per heavy atom. The maximum absolute atomic E-state index is 11.7. The number of carbonyl (C=O) groups excluding carboxylic acids is 1. The average molecular weight is 249 g/mol. The van der Waals surface area contributed by atoms with Gasteiger partial charge in [0.2, 0.25) is 0 Å². The minimum atomic E-state index is -0.129. The molecule has 0 aliphatic heterocycles. The predicted molar refractivity (Wildman–Crippen MR) is 74.9 cm³/mol. The number of pyridine rings is 1. The van der Waals surface area contributed by atoms with Crippen molar-refractivity contribution in [3.05, 3.63) is 24.0 Å². The van der Waals surface area contributed by atoms with Gasteiger partial charge in [0.05, 0.1) is 0 Å². The molecular formula is C14H23N3O. The molecule has 0 saturated carbocycles. The molecule has 1 aromatic rings. The van der Waals surface area contributed by atoms with Crippen LogP contribution < -0.4 is 10.6 Å². The maximum atomic E-state index is 11.7. The highest BCUT2D eigenvalue weighted by molar-refractivity contribution is 5.93. The first-order chi connectivity index (χ1) is 8.54. The smallest absolute Gasteiger partial charge is 0.269 e. The van der Waals surface area contributed by atoms with Crippen molar-refractivity contribution in [3.63, 3.8) is 0 Å². The number of amides is 1. The number of hydrogen-bond donors (Lipinski definition) is 2.